The van der Waals surface area contributed by atoms with Gasteiger partial charge in [0.15, 0.2) is 0 Å². The summed E-state index contributed by atoms with van der Waals surface area (Å²) in [5.74, 6) is 0.457. The van der Waals surface area contributed by atoms with E-state index in [1.807, 2.05) is 0 Å². The first-order chi connectivity index (χ1) is 16.5. The number of amides is 1. The Hall–Kier alpha value is -3.53. The summed E-state index contributed by atoms with van der Waals surface area (Å²) in [7, 11) is 0. The molecule has 4 aromatic rings. The van der Waals surface area contributed by atoms with Crippen molar-refractivity contribution in [2.45, 2.75) is 49.6 Å². The number of anilines is 1. The van der Waals surface area contributed by atoms with Crippen LogP contribution < -0.4 is 10.9 Å². The third kappa shape index (κ3) is 4.58. The summed E-state index contributed by atoms with van der Waals surface area (Å²) >= 11 is 1.12. The summed E-state index contributed by atoms with van der Waals surface area (Å²) < 4.78 is 20.6. The topological polar surface area (TPSA) is 103 Å². The van der Waals surface area contributed by atoms with E-state index >= 15 is 0 Å². The monoisotopic (exact) mass is 479 g/mol. The smallest absolute Gasteiger partial charge is 0.277 e. The van der Waals surface area contributed by atoms with Gasteiger partial charge < -0.3 is 9.73 Å². The van der Waals surface area contributed by atoms with E-state index in [9.17, 15) is 14.0 Å². The normalized spacial score (nSPS) is 14.4. The summed E-state index contributed by atoms with van der Waals surface area (Å²) in [5.41, 5.74) is 1.74. The number of hydrogen-bond donors (Lipinski definition) is 1. The highest BCUT2D eigenvalue weighted by Crippen LogP contribution is 2.28. The minimum Gasteiger partial charge on any atom is -0.411 e. The van der Waals surface area contributed by atoms with E-state index in [1.165, 1.54) is 24.3 Å². The van der Waals surface area contributed by atoms with Gasteiger partial charge in [0.2, 0.25) is 11.8 Å². The first-order valence-electron chi connectivity index (χ1n) is 11.1. The van der Waals surface area contributed by atoms with Crippen LogP contribution >= 0.6 is 11.8 Å². The number of carbonyl (C=O) groups is 1. The van der Waals surface area contributed by atoms with Crippen molar-refractivity contribution in [1.82, 2.24) is 19.7 Å². The molecule has 0 bridgehead atoms. The Morgan fingerprint density at radius 1 is 1.15 bits per heavy atom. The summed E-state index contributed by atoms with van der Waals surface area (Å²) in [4.78, 5) is 30.1. The minimum atomic E-state index is -0.521. The number of rotatable bonds is 5. The molecule has 1 atom stereocenters. The first-order valence-corrected chi connectivity index (χ1v) is 12.0. The van der Waals surface area contributed by atoms with Gasteiger partial charge in [-0.15, -0.1) is 10.2 Å². The lowest BCUT2D eigenvalue weighted by Gasteiger charge is -2.10. The van der Waals surface area contributed by atoms with Crippen LogP contribution in [0.25, 0.3) is 22.4 Å². The van der Waals surface area contributed by atoms with Crippen LogP contribution in [0.5, 0.6) is 0 Å². The molecule has 5 rings (SSSR count). The van der Waals surface area contributed by atoms with E-state index in [0.717, 1.165) is 43.3 Å². The van der Waals surface area contributed by atoms with Crippen LogP contribution in [0.4, 0.5) is 10.1 Å². The van der Waals surface area contributed by atoms with E-state index in [2.05, 4.69) is 15.5 Å². The summed E-state index contributed by atoms with van der Waals surface area (Å²) in [6, 6.07) is 10.8. The Morgan fingerprint density at radius 2 is 1.97 bits per heavy atom. The van der Waals surface area contributed by atoms with Gasteiger partial charge in [-0.2, -0.15) is 0 Å². The number of aromatic nitrogens is 4. The van der Waals surface area contributed by atoms with Crippen LogP contribution in [-0.2, 0) is 17.8 Å². The molecule has 2 aromatic carbocycles. The molecule has 1 unspecified atom stereocenters. The Kier molecular flexibility index (Phi) is 6.14. The predicted molar refractivity (Wildman–Crippen MR) is 127 cm³/mol. The fraction of sp³-hybridized carbons (Fsp3) is 0.292. The lowest BCUT2D eigenvalue weighted by Crippen LogP contribution is -2.24. The molecule has 1 N–H and O–H groups in total. The van der Waals surface area contributed by atoms with Crippen molar-refractivity contribution in [1.29, 1.82) is 0 Å². The van der Waals surface area contributed by atoms with Crippen LogP contribution in [0, 0.1) is 5.82 Å². The highest BCUT2D eigenvalue weighted by molar-refractivity contribution is 8.00. The second-order valence-electron chi connectivity index (χ2n) is 8.16. The van der Waals surface area contributed by atoms with Crippen molar-refractivity contribution in [3.8, 4) is 11.5 Å². The first kappa shape index (κ1) is 22.3. The van der Waals surface area contributed by atoms with E-state index in [1.54, 1.807) is 29.7 Å². The SMILES string of the molecule is CC(Sc1nnc(-c2ccc3c(=O)n4c(nc3c2)CCCCC4)o1)C(=O)Nc1ccc(F)cc1. The fourth-order valence-corrected chi connectivity index (χ4v) is 4.59. The second-order valence-corrected chi connectivity index (χ2v) is 9.45. The van der Waals surface area contributed by atoms with Gasteiger partial charge >= 0.3 is 0 Å². The Morgan fingerprint density at radius 3 is 2.79 bits per heavy atom. The predicted octanol–water partition coefficient (Wildman–Crippen LogP) is 4.43. The van der Waals surface area contributed by atoms with Crippen molar-refractivity contribution in [2.75, 3.05) is 5.32 Å². The molecule has 1 aliphatic heterocycles. The van der Waals surface area contributed by atoms with Gasteiger partial charge in [-0.05, 0) is 62.2 Å². The van der Waals surface area contributed by atoms with Gasteiger partial charge in [0.25, 0.3) is 10.8 Å². The Labute approximate surface area is 198 Å². The molecule has 0 aliphatic carbocycles. The molecule has 1 amide bonds. The van der Waals surface area contributed by atoms with Crippen LogP contribution in [0.1, 0.15) is 32.0 Å². The number of hydrogen-bond acceptors (Lipinski definition) is 7. The van der Waals surface area contributed by atoms with Crippen molar-refractivity contribution >= 4 is 34.3 Å². The molecule has 34 heavy (non-hydrogen) atoms. The maximum atomic E-state index is 13.0. The quantitative estimate of drug-likeness (QED) is 0.422. The number of carbonyl (C=O) groups excluding carboxylic acids is 1. The summed E-state index contributed by atoms with van der Waals surface area (Å²) in [6.45, 7) is 2.42. The fourth-order valence-electron chi connectivity index (χ4n) is 3.91. The van der Waals surface area contributed by atoms with E-state index in [-0.39, 0.29) is 28.4 Å². The highest BCUT2D eigenvalue weighted by Gasteiger charge is 2.20. The van der Waals surface area contributed by atoms with Gasteiger partial charge in [-0.1, -0.05) is 18.2 Å². The molecule has 0 saturated carbocycles. The highest BCUT2D eigenvalue weighted by atomic mass is 32.2. The van der Waals surface area contributed by atoms with Crippen LogP contribution in [0.15, 0.2) is 56.9 Å². The van der Waals surface area contributed by atoms with Gasteiger partial charge in [0.05, 0.1) is 16.2 Å². The third-order valence-electron chi connectivity index (χ3n) is 5.73. The largest absolute Gasteiger partial charge is 0.411 e. The molecule has 0 spiro atoms. The van der Waals surface area contributed by atoms with Crippen LogP contribution in [0.3, 0.4) is 0 Å². The van der Waals surface area contributed by atoms with Crippen molar-refractivity contribution in [2.24, 2.45) is 0 Å². The average molecular weight is 480 g/mol. The van der Waals surface area contributed by atoms with Gasteiger partial charge in [0.1, 0.15) is 11.6 Å². The molecule has 3 heterocycles. The Bertz CT molecular complexity index is 1420. The molecule has 1 aliphatic rings. The molecule has 2 aromatic heterocycles. The number of nitrogens with one attached hydrogen (secondary N) is 1. The van der Waals surface area contributed by atoms with Crippen LogP contribution in [0.2, 0.25) is 0 Å². The molecular formula is C24H22FN5O3S. The number of halogens is 1. The van der Waals surface area contributed by atoms with E-state index in [4.69, 9.17) is 9.40 Å². The zero-order valence-electron chi connectivity index (χ0n) is 18.5. The van der Waals surface area contributed by atoms with Crippen molar-refractivity contribution in [3.63, 3.8) is 0 Å². The second kappa shape index (κ2) is 9.38. The van der Waals surface area contributed by atoms with Crippen molar-refractivity contribution in [3.05, 3.63) is 64.5 Å². The number of fused-ring (bicyclic) bond motifs is 2. The number of nitrogens with zero attached hydrogens (tertiary/aromatic N) is 4. The zero-order chi connectivity index (χ0) is 23.7. The lowest BCUT2D eigenvalue weighted by atomic mass is 10.1. The Balaban J connectivity index is 1.33. The maximum Gasteiger partial charge on any atom is 0.277 e. The molecule has 8 nitrogen and oxygen atoms in total. The van der Waals surface area contributed by atoms with E-state index < -0.39 is 5.25 Å². The van der Waals surface area contributed by atoms with Crippen LogP contribution in [-0.4, -0.2) is 30.9 Å². The molecule has 0 fully saturated rings. The minimum absolute atomic E-state index is 0.0174. The van der Waals surface area contributed by atoms with Gasteiger partial charge in [-0.3, -0.25) is 14.2 Å². The number of aryl methyl sites for hydroxylation is 1. The van der Waals surface area contributed by atoms with Gasteiger partial charge in [-0.25, -0.2) is 9.37 Å². The summed E-state index contributed by atoms with van der Waals surface area (Å²) in [6.07, 6.45) is 3.89. The number of thioether (sulfide) groups is 1. The van der Waals surface area contributed by atoms with E-state index in [0.29, 0.717) is 28.7 Å². The molecule has 10 heteroatoms. The van der Waals surface area contributed by atoms with Gasteiger partial charge in [0, 0.05) is 24.2 Å². The molecular weight excluding hydrogens is 457 g/mol. The average Bonchev–Trinajstić information content (AvgIpc) is 3.17. The van der Waals surface area contributed by atoms with Crippen molar-refractivity contribution < 1.29 is 13.6 Å². The standard InChI is InChI=1S/C24H22FN5O3S/c1-14(21(31)26-17-9-7-16(25)8-10-17)34-24-29-28-22(33-24)15-6-11-18-19(13-15)27-20-5-3-2-4-12-30(20)23(18)32/h6-11,13-14H,2-5,12H2,1H3,(H,26,31). The molecule has 0 radical (unpaired) electrons. The lowest BCUT2D eigenvalue weighted by molar-refractivity contribution is -0.115. The maximum absolute atomic E-state index is 13.0. The third-order valence-corrected chi connectivity index (χ3v) is 6.66. The molecule has 0 saturated heterocycles. The number of benzene rings is 2. The molecule has 174 valence electrons. The zero-order valence-corrected chi connectivity index (χ0v) is 19.3. The summed E-state index contributed by atoms with van der Waals surface area (Å²) in [5, 5.41) is 11.2.